The van der Waals surface area contributed by atoms with E-state index in [0.717, 1.165) is 16.6 Å². The predicted octanol–water partition coefficient (Wildman–Crippen LogP) is 2.67. The van der Waals surface area contributed by atoms with Crippen molar-refractivity contribution < 1.29 is 4.42 Å². The van der Waals surface area contributed by atoms with Crippen LogP contribution in [0.4, 0.5) is 5.82 Å². The van der Waals surface area contributed by atoms with E-state index in [2.05, 4.69) is 20.4 Å². The third kappa shape index (κ3) is 2.22. The number of anilines is 1. The van der Waals surface area contributed by atoms with E-state index >= 15 is 0 Å². The van der Waals surface area contributed by atoms with Crippen LogP contribution in [0.5, 0.6) is 0 Å². The van der Waals surface area contributed by atoms with Crippen molar-refractivity contribution in [3.8, 4) is 11.5 Å². The highest BCUT2D eigenvalue weighted by Gasteiger charge is 2.19. The summed E-state index contributed by atoms with van der Waals surface area (Å²) in [5.41, 5.74) is 6.94. The molecular weight excluding hydrogens is 292 g/mol. The summed E-state index contributed by atoms with van der Waals surface area (Å²) in [5.74, 6) is 1.20. The largest absolute Gasteiger partial charge is 0.418 e. The van der Waals surface area contributed by atoms with Gasteiger partial charge in [-0.05, 0) is 12.1 Å². The Morgan fingerprint density at radius 1 is 1.09 bits per heavy atom. The summed E-state index contributed by atoms with van der Waals surface area (Å²) < 4.78 is 7.82. The van der Waals surface area contributed by atoms with E-state index in [4.69, 9.17) is 4.42 Å². The summed E-state index contributed by atoms with van der Waals surface area (Å²) in [4.78, 5) is 13.6. The Kier molecular flexibility index (Phi) is 3.02. The summed E-state index contributed by atoms with van der Waals surface area (Å²) >= 11 is 0. The van der Waals surface area contributed by atoms with E-state index in [1.54, 1.807) is 6.33 Å². The first kappa shape index (κ1) is 13.7. The normalized spacial score (nSPS) is 11.7. The lowest BCUT2D eigenvalue weighted by Gasteiger charge is -2.12. The molecule has 0 fully saturated rings. The minimum atomic E-state index is 0.490. The number of oxazole rings is 1. The average Bonchev–Trinajstić information content (AvgIpc) is 3.11. The number of hydrogen-bond donors (Lipinski definition) is 1. The van der Waals surface area contributed by atoms with E-state index in [9.17, 15) is 0 Å². The molecule has 3 aromatic heterocycles. The first-order valence-corrected chi connectivity index (χ1v) is 7.24. The van der Waals surface area contributed by atoms with Gasteiger partial charge in [-0.3, -0.25) is 0 Å². The first-order chi connectivity index (χ1) is 11.1. The Bertz CT molecular complexity index is 986. The van der Waals surface area contributed by atoms with Gasteiger partial charge in [0.05, 0.1) is 6.33 Å². The fraction of sp³-hybridized carbons (Fsp3) is 0.188. The molecule has 7 nitrogen and oxygen atoms in total. The van der Waals surface area contributed by atoms with E-state index in [0.29, 0.717) is 22.9 Å². The monoisotopic (exact) mass is 308 g/mol. The van der Waals surface area contributed by atoms with E-state index < -0.39 is 0 Å². The number of aryl methyl sites for hydroxylation is 1. The van der Waals surface area contributed by atoms with Crippen molar-refractivity contribution in [1.82, 2.24) is 24.5 Å². The number of hydrogen-bond acceptors (Lipinski definition) is 6. The second kappa shape index (κ2) is 5.06. The molecule has 3 heterocycles. The van der Waals surface area contributed by atoms with Crippen molar-refractivity contribution in [1.29, 1.82) is 0 Å². The number of imidazole rings is 1. The molecule has 0 amide bonds. The molecule has 4 rings (SSSR count). The maximum atomic E-state index is 5.89. The number of nitrogens with one attached hydrogen (secondary N) is 1. The molecule has 4 aromatic rings. The summed E-state index contributed by atoms with van der Waals surface area (Å²) in [6.07, 6.45) is 1.75. The van der Waals surface area contributed by atoms with Crippen molar-refractivity contribution >= 4 is 28.1 Å². The van der Waals surface area contributed by atoms with Crippen LogP contribution in [0.15, 0.2) is 41.1 Å². The van der Waals surface area contributed by atoms with Crippen molar-refractivity contribution in [2.75, 3.05) is 19.5 Å². The average molecular weight is 308 g/mol. The van der Waals surface area contributed by atoms with Crippen LogP contribution in [0.2, 0.25) is 0 Å². The molecule has 0 aliphatic rings. The number of benzene rings is 1. The lowest BCUT2D eigenvalue weighted by molar-refractivity contribution is 0.492. The Morgan fingerprint density at radius 3 is 2.61 bits per heavy atom. The zero-order chi connectivity index (χ0) is 16.0. The SMILES string of the molecule is CN(C)Nc1nc2oc(-c3ccccc3)nc2c2c1ncn2C. The highest BCUT2D eigenvalue weighted by molar-refractivity contribution is 6.03. The number of hydrazine groups is 1. The highest BCUT2D eigenvalue weighted by atomic mass is 16.4. The Labute approximate surface area is 132 Å². The van der Waals surface area contributed by atoms with Gasteiger partial charge in [0, 0.05) is 26.7 Å². The molecule has 0 saturated carbocycles. The topological polar surface area (TPSA) is 72.0 Å². The molecule has 1 aromatic carbocycles. The van der Waals surface area contributed by atoms with Crippen LogP contribution >= 0.6 is 0 Å². The minimum absolute atomic E-state index is 0.490. The molecule has 0 atom stereocenters. The maximum Gasteiger partial charge on any atom is 0.251 e. The van der Waals surface area contributed by atoms with Gasteiger partial charge in [-0.1, -0.05) is 18.2 Å². The molecule has 116 valence electrons. The minimum Gasteiger partial charge on any atom is -0.418 e. The lowest BCUT2D eigenvalue weighted by atomic mass is 10.2. The standard InChI is InChI=1S/C16H16N6O/c1-21(2)20-14-11-13(22(3)9-17-11)12-16(19-14)23-15(18-12)10-7-5-4-6-8-10/h4-9H,1-3H3,(H,19,20). The molecule has 1 N–H and O–H groups in total. The van der Waals surface area contributed by atoms with Gasteiger partial charge in [0.25, 0.3) is 5.71 Å². The Hall–Kier alpha value is -2.93. The first-order valence-electron chi connectivity index (χ1n) is 7.24. The smallest absolute Gasteiger partial charge is 0.251 e. The van der Waals surface area contributed by atoms with Gasteiger partial charge < -0.3 is 14.4 Å². The highest BCUT2D eigenvalue weighted by Crippen LogP contribution is 2.31. The molecule has 0 bridgehead atoms. The fourth-order valence-corrected chi connectivity index (χ4v) is 2.57. The van der Waals surface area contributed by atoms with Crippen molar-refractivity contribution in [3.05, 3.63) is 36.7 Å². The van der Waals surface area contributed by atoms with Gasteiger partial charge in [0.2, 0.25) is 5.89 Å². The number of aromatic nitrogens is 4. The number of fused-ring (bicyclic) bond motifs is 3. The molecule has 23 heavy (non-hydrogen) atoms. The quantitative estimate of drug-likeness (QED) is 0.587. The molecule has 7 heteroatoms. The zero-order valence-electron chi connectivity index (χ0n) is 13.1. The molecule has 0 aliphatic heterocycles. The fourth-order valence-electron chi connectivity index (χ4n) is 2.57. The summed E-state index contributed by atoms with van der Waals surface area (Å²) in [6.45, 7) is 0. The van der Waals surface area contributed by atoms with Crippen LogP contribution in [-0.4, -0.2) is 38.6 Å². The van der Waals surface area contributed by atoms with Gasteiger partial charge in [0.15, 0.2) is 11.3 Å². The molecule has 0 aliphatic carbocycles. The lowest BCUT2D eigenvalue weighted by Crippen LogP contribution is -2.20. The van der Waals surface area contributed by atoms with Crippen LogP contribution in [-0.2, 0) is 7.05 Å². The third-order valence-corrected chi connectivity index (χ3v) is 3.56. The zero-order valence-corrected chi connectivity index (χ0v) is 13.1. The molecule has 0 spiro atoms. The van der Waals surface area contributed by atoms with E-state index in [1.807, 2.05) is 61.1 Å². The van der Waals surface area contributed by atoms with E-state index in [1.165, 1.54) is 0 Å². The van der Waals surface area contributed by atoms with Gasteiger partial charge in [-0.25, -0.2) is 15.0 Å². The van der Waals surface area contributed by atoms with Gasteiger partial charge in [0.1, 0.15) is 11.0 Å². The number of rotatable bonds is 3. The third-order valence-electron chi connectivity index (χ3n) is 3.56. The summed E-state index contributed by atoms with van der Waals surface area (Å²) in [6, 6.07) is 9.80. The van der Waals surface area contributed by atoms with Gasteiger partial charge in [-0.2, -0.15) is 4.98 Å². The van der Waals surface area contributed by atoms with E-state index in [-0.39, 0.29) is 0 Å². The van der Waals surface area contributed by atoms with Gasteiger partial charge >= 0.3 is 0 Å². The van der Waals surface area contributed by atoms with Crippen molar-refractivity contribution in [2.45, 2.75) is 0 Å². The van der Waals surface area contributed by atoms with Crippen LogP contribution in [0.1, 0.15) is 0 Å². The van der Waals surface area contributed by atoms with Gasteiger partial charge in [-0.15, -0.1) is 0 Å². The Morgan fingerprint density at radius 2 is 1.87 bits per heavy atom. The second-order valence-electron chi connectivity index (χ2n) is 5.56. The molecule has 0 saturated heterocycles. The van der Waals surface area contributed by atoms with Crippen LogP contribution in [0.25, 0.3) is 33.7 Å². The number of nitrogens with zero attached hydrogens (tertiary/aromatic N) is 5. The summed E-state index contributed by atoms with van der Waals surface area (Å²) in [7, 11) is 5.73. The van der Waals surface area contributed by atoms with Crippen LogP contribution in [0.3, 0.4) is 0 Å². The van der Waals surface area contributed by atoms with Crippen LogP contribution in [0, 0.1) is 0 Å². The maximum absolute atomic E-state index is 5.89. The number of pyridine rings is 1. The van der Waals surface area contributed by atoms with Crippen molar-refractivity contribution in [3.63, 3.8) is 0 Å². The Balaban J connectivity index is 2.00. The molecule has 0 radical (unpaired) electrons. The van der Waals surface area contributed by atoms with Crippen LogP contribution < -0.4 is 5.43 Å². The van der Waals surface area contributed by atoms with Crippen molar-refractivity contribution in [2.24, 2.45) is 7.05 Å². The second-order valence-corrected chi connectivity index (χ2v) is 5.56. The molecule has 0 unspecified atom stereocenters. The summed E-state index contributed by atoms with van der Waals surface area (Å²) in [5, 5.41) is 1.82. The predicted molar refractivity (Wildman–Crippen MR) is 88.8 cm³/mol. The molecular formula is C16H16N6O.